The molecule has 0 heterocycles. The number of carbonyl (C=O) groups is 1. The molecule has 1 saturated carbocycles. The summed E-state index contributed by atoms with van der Waals surface area (Å²) in [6, 6.07) is 4.91. The molecule has 1 fully saturated rings. The number of primary amides is 1. The van der Waals surface area contributed by atoms with Crippen molar-refractivity contribution < 1.29 is 9.72 Å². The summed E-state index contributed by atoms with van der Waals surface area (Å²) < 4.78 is 0. The molecule has 0 radical (unpaired) electrons. The molecule has 2 atom stereocenters. The Morgan fingerprint density at radius 2 is 2.23 bits per heavy atom. The Kier molecular flexibility index (Phi) is 5.42. The van der Waals surface area contributed by atoms with E-state index in [4.69, 9.17) is 5.73 Å². The predicted octanol–water partition coefficient (Wildman–Crippen LogP) is 2.41. The van der Waals surface area contributed by atoms with Crippen LogP contribution in [0.5, 0.6) is 0 Å². The molecular formula is C15H21N3O3S. The molecule has 0 aromatic heterocycles. The van der Waals surface area contributed by atoms with E-state index >= 15 is 0 Å². The van der Waals surface area contributed by atoms with Gasteiger partial charge in [0.25, 0.3) is 5.69 Å². The van der Waals surface area contributed by atoms with Crippen molar-refractivity contribution in [3.05, 3.63) is 39.4 Å². The van der Waals surface area contributed by atoms with E-state index in [2.05, 4.69) is 11.2 Å². The minimum atomic E-state index is -0.651. The SMILES string of the molecule is CS[C@H]1CC[C@@H](N(C)Cc2ccc(C(N)=O)cc2[N+](=O)[O-])C1. The zero-order valence-corrected chi connectivity index (χ0v) is 13.6. The van der Waals surface area contributed by atoms with Crippen molar-refractivity contribution in [2.24, 2.45) is 5.73 Å². The van der Waals surface area contributed by atoms with Gasteiger partial charge in [-0.25, -0.2) is 0 Å². The number of amides is 1. The van der Waals surface area contributed by atoms with Crippen LogP contribution in [0, 0.1) is 10.1 Å². The maximum Gasteiger partial charge on any atom is 0.274 e. The number of benzene rings is 1. The molecule has 1 aliphatic rings. The van der Waals surface area contributed by atoms with Crippen LogP contribution >= 0.6 is 11.8 Å². The molecule has 0 bridgehead atoms. The van der Waals surface area contributed by atoms with Gasteiger partial charge < -0.3 is 5.73 Å². The molecule has 1 aromatic rings. The highest BCUT2D eigenvalue weighted by atomic mass is 32.2. The third-order valence-electron chi connectivity index (χ3n) is 4.30. The highest BCUT2D eigenvalue weighted by Gasteiger charge is 2.28. The highest BCUT2D eigenvalue weighted by molar-refractivity contribution is 7.99. The summed E-state index contributed by atoms with van der Waals surface area (Å²) in [6.45, 7) is 0.501. The number of nitro groups is 1. The minimum absolute atomic E-state index is 0.0393. The lowest BCUT2D eigenvalue weighted by Crippen LogP contribution is -2.29. The Morgan fingerprint density at radius 1 is 1.50 bits per heavy atom. The van der Waals surface area contributed by atoms with Crippen molar-refractivity contribution >= 4 is 23.4 Å². The standard InChI is InChI=1S/C15H21N3O3S/c1-17(12-5-6-13(8-12)22-2)9-11-4-3-10(15(16)19)7-14(11)18(20)21/h3-4,7,12-13H,5-6,8-9H2,1-2H3,(H2,16,19)/t12-,13+/m1/s1. The van der Waals surface area contributed by atoms with E-state index in [1.807, 2.05) is 18.8 Å². The quantitative estimate of drug-likeness (QED) is 0.641. The smallest absolute Gasteiger partial charge is 0.274 e. The van der Waals surface area contributed by atoms with Crippen molar-refractivity contribution in [1.82, 2.24) is 4.90 Å². The summed E-state index contributed by atoms with van der Waals surface area (Å²) in [4.78, 5) is 24.1. The van der Waals surface area contributed by atoms with Crippen LogP contribution in [0.3, 0.4) is 0 Å². The van der Waals surface area contributed by atoms with Gasteiger partial charge in [-0.05, 0) is 38.6 Å². The first-order chi connectivity index (χ1) is 10.4. The maximum atomic E-state index is 11.2. The van der Waals surface area contributed by atoms with Crippen LogP contribution in [-0.2, 0) is 6.54 Å². The lowest BCUT2D eigenvalue weighted by molar-refractivity contribution is -0.385. The molecule has 1 aliphatic carbocycles. The lowest BCUT2D eigenvalue weighted by atomic mass is 10.1. The Hall–Kier alpha value is -1.60. The summed E-state index contributed by atoms with van der Waals surface area (Å²) in [6.07, 6.45) is 5.55. The average molecular weight is 323 g/mol. The van der Waals surface area contributed by atoms with Crippen LogP contribution < -0.4 is 5.73 Å². The van der Waals surface area contributed by atoms with Crippen LogP contribution in [-0.4, -0.2) is 40.3 Å². The number of hydrogen-bond donors (Lipinski definition) is 1. The summed E-state index contributed by atoms with van der Waals surface area (Å²) in [5, 5.41) is 11.9. The van der Waals surface area contributed by atoms with E-state index in [-0.39, 0.29) is 11.3 Å². The number of thioether (sulfide) groups is 1. The van der Waals surface area contributed by atoms with Crippen molar-refractivity contribution in [3.8, 4) is 0 Å². The summed E-state index contributed by atoms with van der Waals surface area (Å²) in [5.41, 5.74) is 5.93. The summed E-state index contributed by atoms with van der Waals surface area (Å²) in [5.74, 6) is -0.651. The second kappa shape index (κ2) is 7.11. The molecule has 2 rings (SSSR count). The number of rotatable bonds is 6. The Bertz CT molecular complexity index is 579. The second-order valence-electron chi connectivity index (χ2n) is 5.70. The number of nitro benzene ring substituents is 1. The zero-order chi connectivity index (χ0) is 16.3. The monoisotopic (exact) mass is 323 g/mol. The molecule has 1 aromatic carbocycles. The molecular weight excluding hydrogens is 302 g/mol. The number of hydrogen-bond acceptors (Lipinski definition) is 5. The van der Waals surface area contributed by atoms with Gasteiger partial charge in [-0.2, -0.15) is 11.8 Å². The molecule has 0 spiro atoms. The molecule has 0 unspecified atom stereocenters. The van der Waals surface area contributed by atoms with Crippen LogP contribution in [0.4, 0.5) is 5.69 Å². The zero-order valence-electron chi connectivity index (χ0n) is 12.8. The van der Waals surface area contributed by atoms with Gasteiger partial charge >= 0.3 is 0 Å². The third-order valence-corrected chi connectivity index (χ3v) is 5.39. The maximum absolute atomic E-state index is 11.2. The van der Waals surface area contributed by atoms with E-state index in [0.717, 1.165) is 12.8 Å². The molecule has 120 valence electrons. The Balaban J connectivity index is 2.15. The van der Waals surface area contributed by atoms with Gasteiger partial charge in [0.15, 0.2) is 0 Å². The van der Waals surface area contributed by atoms with E-state index in [1.165, 1.54) is 12.5 Å². The summed E-state index contributed by atoms with van der Waals surface area (Å²) >= 11 is 1.89. The Labute approximate surface area is 134 Å². The van der Waals surface area contributed by atoms with Gasteiger partial charge in [0.2, 0.25) is 5.91 Å². The number of nitrogens with zero attached hydrogens (tertiary/aromatic N) is 2. The van der Waals surface area contributed by atoms with Gasteiger partial charge in [0.05, 0.1) is 4.92 Å². The highest BCUT2D eigenvalue weighted by Crippen LogP contribution is 2.32. The van der Waals surface area contributed by atoms with Crippen LogP contribution in [0.2, 0.25) is 0 Å². The molecule has 1 amide bonds. The van der Waals surface area contributed by atoms with Gasteiger partial charge in [-0.15, -0.1) is 0 Å². The van der Waals surface area contributed by atoms with Crippen molar-refractivity contribution in [1.29, 1.82) is 0 Å². The second-order valence-corrected chi connectivity index (χ2v) is 6.84. The van der Waals surface area contributed by atoms with Crippen molar-refractivity contribution in [3.63, 3.8) is 0 Å². The van der Waals surface area contributed by atoms with E-state index in [1.54, 1.807) is 12.1 Å². The molecule has 0 saturated heterocycles. The molecule has 6 nitrogen and oxygen atoms in total. The largest absolute Gasteiger partial charge is 0.366 e. The Morgan fingerprint density at radius 3 is 2.77 bits per heavy atom. The molecule has 7 heteroatoms. The normalized spacial score (nSPS) is 21.2. The first kappa shape index (κ1) is 16.8. The van der Waals surface area contributed by atoms with Crippen LogP contribution in [0.1, 0.15) is 35.2 Å². The van der Waals surface area contributed by atoms with Crippen molar-refractivity contribution in [2.45, 2.75) is 37.1 Å². The third kappa shape index (κ3) is 3.78. The topological polar surface area (TPSA) is 89.5 Å². The van der Waals surface area contributed by atoms with Gasteiger partial charge in [0, 0.05) is 35.0 Å². The molecule has 0 aliphatic heterocycles. The number of carbonyl (C=O) groups excluding carboxylic acids is 1. The average Bonchev–Trinajstić information content (AvgIpc) is 2.96. The fourth-order valence-corrected chi connectivity index (χ4v) is 3.74. The fraction of sp³-hybridized carbons (Fsp3) is 0.533. The van der Waals surface area contributed by atoms with Gasteiger partial charge in [0.1, 0.15) is 0 Å². The van der Waals surface area contributed by atoms with Gasteiger partial charge in [-0.1, -0.05) is 6.07 Å². The fourth-order valence-electron chi connectivity index (χ4n) is 2.95. The van der Waals surface area contributed by atoms with Crippen LogP contribution in [0.25, 0.3) is 0 Å². The minimum Gasteiger partial charge on any atom is -0.366 e. The van der Waals surface area contributed by atoms with E-state index < -0.39 is 10.8 Å². The molecule has 2 N–H and O–H groups in total. The first-order valence-corrected chi connectivity index (χ1v) is 8.51. The van der Waals surface area contributed by atoms with Crippen molar-refractivity contribution in [2.75, 3.05) is 13.3 Å². The van der Waals surface area contributed by atoms with E-state index in [0.29, 0.717) is 23.4 Å². The number of nitrogens with two attached hydrogens (primary N) is 1. The first-order valence-electron chi connectivity index (χ1n) is 7.22. The van der Waals surface area contributed by atoms with Gasteiger partial charge in [-0.3, -0.25) is 19.8 Å². The predicted molar refractivity (Wildman–Crippen MR) is 88.0 cm³/mol. The molecule has 22 heavy (non-hydrogen) atoms. The summed E-state index contributed by atoms with van der Waals surface area (Å²) in [7, 11) is 2.00. The lowest BCUT2D eigenvalue weighted by Gasteiger charge is -2.24. The van der Waals surface area contributed by atoms with E-state index in [9.17, 15) is 14.9 Å². The van der Waals surface area contributed by atoms with Crippen LogP contribution in [0.15, 0.2) is 18.2 Å².